The lowest BCUT2D eigenvalue weighted by molar-refractivity contribution is -0.110. The predicted octanol–water partition coefficient (Wildman–Crippen LogP) is 1.99. The summed E-state index contributed by atoms with van der Waals surface area (Å²) in [6, 6.07) is 0. The maximum absolute atomic E-state index is 11.6. The molecule has 23 heavy (non-hydrogen) atoms. The summed E-state index contributed by atoms with van der Waals surface area (Å²) in [5, 5.41) is 9.37. The Morgan fingerprint density at radius 2 is 2.22 bits per heavy atom. The van der Waals surface area contributed by atoms with E-state index in [1.807, 2.05) is 6.20 Å². The largest absolute Gasteiger partial charge is 0.478 e. The minimum absolute atomic E-state index is 0.0611. The highest BCUT2D eigenvalue weighted by Gasteiger charge is 2.27. The molecule has 1 aliphatic carbocycles. The number of anilines is 1. The second-order valence-corrected chi connectivity index (χ2v) is 5.51. The van der Waals surface area contributed by atoms with Crippen molar-refractivity contribution in [3.8, 4) is 0 Å². The Morgan fingerprint density at radius 3 is 3.00 bits per heavy atom. The molecule has 114 valence electrons. The zero-order valence-corrected chi connectivity index (χ0v) is 12.3. The number of carbonyl (C=O) groups is 2. The van der Waals surface area contributed by atoms with Crippen molar-refractivity contribution in [3.63, 3.8) is 0 Å². The molecule has 2 aliphatic rings. The fraction of sp³-hybridized carbons (Fsp3) is 0.0667. The Hall–Kier alpha value is -2.93. The van der Waals surface area contributed by atoms with E-state index < -0.39 is 5.97 Å². The Morgan fingerprint density at radius 1 is 1.39 bits per heavy atom. The van der Waals surface area contributed by atoms with E-state index >= 15 is 0 Å². The van der Waals surface area contributed by atoms with E-state index in [0.717, 1.165) is 11.1 Å². The van der Waals surface area contributed by atoms with Crippen molar-refractivity contribution in [2.45, 2.75) is 0 Å². The van der Waals surface area contributed by atoms with E-state index in [1.54, 1.807) is 17.2 Å². The van der Waals surface area contributed by atoms with Gasteiger partial charge >= 0.3 is 5.97 Å². The first-order valence-corrected chi connectivity index (χ1v) is 7.09. The van der Waals surface area contributed by atoms with Gasteiger partial charge in [-0.25, -0.2) is 14.8 Å². The molecule has 0 atom stereocenters. The van der Waals surface area contributed by atoms with Gasteiger partial charge in [0, 0.05) is 18.0 Å². The third-order valence-electron chi connectivity index (χ3n) is 3.76. The van der Waals surface area contributed by atoms with Crippen LogP contribution in [0.25, 0.3) is 11.2 Å². The van der Waals surface area contributed by atoms with E-state index in [-0.39, 0.29) is 21.9 Å². The van der Waals surface area contributed by atoms with Gasteiger partial charge in [-0.05, 0) is 17.7 Å². The number of aromatic carboxylic acids is 1. The van der Waals surface area contributed by atoms with Gasteiger partial charge in [-0.2, -0.15) is 0 Å². The highest BCUT2D eigenvalue weighted by Crippen LogP contribution is 2.33. The van der Waals surface area contributed by atoms with Crippen LogP contribution < -0.4 is 4.90 Å². The molecular weight excluding hydrogens is 320 g/mol. The Bertz CT molecular complexity index is 970. The van der Waals surface area contributed by atoms with Gasteiger partial charge in [-0.15, -0.1) is 0 Å². The molecule has 4 rings (SSSR count). The summed E-state index contributed by atoms with van der Waals surface area (Å²) >= 11 is 6.06. The zero-order valence-electron chi connectivity index (χ0n) is 11.6. The first-order valence-electron chi connectivity index (χ1n) is 6.72. The number of carboxylic acids is 1. The first kappa shape index (κ1) is 13.7. The van der Waals surface area contributed by atoms with E-state index in [2.05, 4.69) is 15.0 Å². The number of ketones is 1. The predicted molar refractivity (Wildman–Crippen MR) is 83.3 cm³/mol. The summed E-state index contributed by atoms with van der Waals surface area (Å²) in [4.78, 5) is 35.9. The monoisotopic (exact) mass is 328 g/mol. The van der Waals surface area contributed by atoms with E-state index in [1.165, 1.54) is 12.3 Å². The highest BCUT2D eigenvalue weighted by atomic mass is 35.5. The van der Waals surface area contributed by atoms with E-state index in [4.69, 9.17) is 11.6 Å². The summed E-state index contributed by atoms with van der Waals surface area (Å²) in [5.41, 5.74) is 2.32. The molecule has 0 saturated heterocycles. The third kappa shape index (κ3) is 2.05. The first-order chi connectivity index (χ1) is 11.0. The molecule has 2 aromatic heterocycles. The van der Waals surface area contributed by atoms with E-state index in [0.29, 0.717) is 18.0 Å². The number of carbonyl (C=O) groups excluding carboxylic acids is 1. The average Bonchev–Trinajstić information content (AvgIpc) is 3.14. The number of aromatic amines is 1. The van der Waals surface area contributed by atoms with Gasteiger partial charge in [0.25, 0.3) is 0 Å². The molecule has 0 amide bonds. The van der Waals surface area contributed by atoms with Crippen molar-refractivity contribution >= 4 is 40.3 Å². The number of rotatable bonds is 2. The molecule has 0 unspecified atom stereocenters. The van der Waals surface area contributed by atoms with Crippen LogP contribution in [0.1, 0.15) is 10.4 Å². The lowest BCUT2D eigenvalue weighted by Gasteiger charge is -2.14. The topological polar surface area (TPSA) is 99.2 Å². The number of allylic oxidation sites excluding steroid dienone is 3. The molecule has 0 spiro atoms. The third-order valence-corrected chi connectivity index (χ3v) is 4.17. The Balaban J connectivity index is 1.78. The van der Waals surface area contributed by atoms with Gasteiger partial charge in [0.1, 0.15) is 11.1 Å². The molecule has 2 N–H and O–H groups in total. The van der Waals surface area contributed by atoms with Crippen LogP contribution in [0.4, 0.5) is 5.82 Å². The average molecular weight is 329 g/mol. The molecule has 1 aliphatic heterocycles. The van der Waals surface area contributed by atoms with Crippen LogP contribution >= 0.6 is 11.6 Å². The standard InChI is InChI=1S/C15H9ClN4O3/c16-12-9-6-20(5-7(9)1-2-10(12)21)11-4-18-14-13(19-11)8(3-17-14)15(22)23/h1-5H,6H2,(H,17,18)(H,22,23). The van der Waals surface area contributed by atoms with Crippen molar-refractivity contribution in [1.82, 2.24) is 15.0 Å². The van der Waals surface area contributed by atoms with Crippen molar-refractivity contribution in [1.29, 1.82) is 0 Å². The van der Waals surface area contributed by atoms with Crippen LogP contribution in [0.2, 0.25) is 0 Å². The summed E-state index contributed by atoms with van der Waals surface area (Å²) in [6.07, 6.45) is 7.83. The quantitative estimate of drug-likeness (QED) is 0.874. The summed E-state index contributed by atoms with van der Waals surface area (Å²) < 4.78 is 0. The highest BCUT2D eigenvalue weighted by molar-refractivity contribution is 6.45. The minimum atomic E-state index is -1.07. The van der Waals surface area contributed by atoms with Gasteiger partial charge in [0.05, 0.1) is 17.8 Å². The van der Waals surface area contributed by atoms with Crippen molar-refractivity contribution in [3.05, 3.63) is 52.5 Å². The number of aromatic nitrogens is 3. The van der Waals surface area contributed by atoms with Crippen LogP contribution in [0.3, 0.4) is 0 Å². The number of hydrogen-bond donors (Lipinski definition) is 2. The van der Waals surface area contributed by atoms with Gasteiger partial charge < -0.3 is 15.0 Å². The lowest BCUT2D eigenvalue weighted by Crippen LogP contribution is -2.16. The molecular formula is C15H9ClN4O3. The van der Waals surface area contributed by atoms with Crippen LogP contribution in [0, 0.1) is 0 Å². The zero-order chi connectivity index (χ0) is 16.1. The maximum atomic E-state index is 11.6. The fourth-order valence-electron chi connectivity index (χ4n) is 2.61. The Labute approximate surface area is 134 Å². The molecule has 0 bridgehead atoms. The van der Waals surface area contributed by atoms with Crippen LogP contribution in [0.5, 0.6) is 0 Å². The van der Waals surface area contributed by atoms with Gasteiger partial charge in [-0.3, -0.25) is 4.79 Å². The molecule has 0 radical (unpaired) electrons. The Kier molecular flexibility index (Phi) is 2.85. The van der Waals surface area contributed by atoms with E-state index in [9.17, 15) is 14.7 Å². The molecule has 0 aromatic carbocycles. The number of nitrogens with zero attached hydrogens (tertiary/aromatic N) is 3. The number of halogens is 1. The number of H-pyrrole nitrogens is 1. The lowest BCUT2D eigenvalue weighted by atomic mass is 10.0. The number of carboxylic acid groups (broad SMARTS) is 1. The van der Waals surface area contributed by atoms with Gasteiger partial charge in [-0.1, -0.05) is 11.6 Å². The maximum Gasteiger partial charge on any atom is 0.339 e. The molecule has 2 aromatic rings. The fourth-order valence-corrected chi connectivity index (χ4v) is 2.84. The van der Waals surface area contributed by atoms with Crippen LogP contribution in [-0.2, 0) is 4.79 Å². The molecule has 0 saturated carbocycles. The summed E-state index contributed by atoms with van der Waals surface area (Å²) in [6.45, 7) is 0.386. The molecule has 8 heteroatoms. The van der Waals surface area contributed by atoms with Crippen molar-refractivity contribution < 1.29 is 14.7 Å². The number of nitrogens with one attached hydrogen (secondary N) is 1. The van der Waals surface area contributed by atoms with Gasteiger partial charge in [0.15, 0.2) is 17.2 Å². The number of hydrogen-bond acceptors (Lipinski definition) is 5. The molecule has 7 nitrogen and oxygen atoms in total. The second-order valence-electron chi connectivity index (χ2n) is 5.14. The minimum Gasteiger partial charge on any atom is -0.478 e. The molecule has 0 fully saturated rings. The molecule has 3 heterocycles. The van der Waals surface area contributed by atoms with Crippen LogP contribution in [0.15, 0.2) is 46.9 Å². The second kappa shape index (κ2) is 4.79. The van der Waals surface area contributed by atoms with Crippen molar-refractivity contribution in [2.75, 3.05) is 11.4 Å². The van der Waals surface area contributed by atoms with Gasteiger partial charge in [0.2, 0.25) is 0 Å². The summed E-state index contributed by atoms with van der Waals surface area (Å²) in [5.74, 6) is -0.809. The van der Waals surface area contributed by atoms with Crippen LogP contribution in [-0.4, -0.2) is 38.4 Å². The SMILES string of the molecule is O=C1C=CC2=CN(c3cnc4[nH]cc(C(=O)O)c4n3)CC2=C1Cl. The number of fused-ring (bicyclic) bond motifs is 2. The normalized spacial score (nSPS) is 17.0. The summed E-state index contributed by atoms with van der Waals surface area (Å²) in [7, 11) is 0. The van der Waals surface area contributed by atoms with Crippen molar-refractivity contribution in [2.24, 2.45) is 0 Å². The smallest absolute Gasteiger partial charge is 0.339 e.